The number of sulfonamides is 1. The zero-order chi connectivity index (χ0) is 27.3. The molecule has 0 atom stereocenters. The van der Waals surface area contributed by atoms with E-state index in [4.69, 9.17) is 4.74 Å². The molecule has 3 aromatic carbocycles. The van der Waals surface area contributed by atoms with Gasteiger partial charge in [-0.25, -0.2) is 13.4 Å². The van der Waals surface area contributed by atoms with Gasteiger partial charge in [-0.1, -0.05) is 53.6 Å². The van der Waals surface area contributed by atoms with E-state index < -0.39 is 22.5 Å². The Labute approximate surface area is 223 Å². The van der Waals surface area contributed by atoms with Crippen molar-refractivity contribution in [3.8, 4) is 22.7 Å². The van der Waals surface area contributed by atoms with E-state index in [1.165, 1.54) is 25.3 Å². The number of hydrogen-bond acceptors (Lipinski definition) is 5. The third-order valence-electron chi connectivity index (χ3n) is 5.97. The molecule has 1 N–H and O–H groups in total. The summed E-state index contributed by atoms with van der Waals surface area (Å²) in [7, 11) is -2.46. The molecular formula is C29H30N4O4S. The Morgan fingerprint density at radius 3 is 2.18 bits per heavy atom. The number of anilines is 1. The van der Waals surface area contributed by atoms with Crippen molar-refractivity contribution in [1.82, 2.24) is 13.9 Å². The SMILES string of the molecule is C=CCN(CC(=O)Nc1nc(-c2ccc(C)cc2)cn1-c1ccc(C)cc1)S(=O)(=O)c1ccc(OC)cc1. The van der Waals surface area contributed by atoms with Gasteiger partial charge in [0.2, 0.25) is 21.9 Å². The van der Waals surface area contributed by atoms with Crippen LogP contribution in [-0.2, 0) is 14.8 Å². The van der Waals surface area contributed by atoms with Crippen LogP contribution in [0.4, 0.5) is 5.95 Å². The van der Waals surface area contributed by atoms with E-state index in [0.717, 1.165) is 26.7 Å². The molecule has 9 heteroatoms. The summed E-state index contributed by atoms with van der Waals surface area (Å²) in [6.45, 7) is 7.21. The number of amides is 1. The van der Waals surface area contributed by atoms with Crippen LogP contribution < -0.4 is 10.1 Å². The molecule has 38 heavy (non-hydrogen) atoms. The van der Waals surface area contributed by atoms with Crippen molar-refractivity contribution in [2.45, 2.75) is 18.7 Å². The molecule has 0 bridgehead atoms. The normalized spacial score (nSPS) is 11.4. The summed E-state index contributed by atoms with van der Waals surface area (Å²) in [5, 5.41) is 2.81. The Balaban J connectivity index is 1.63. The second-order valence-corrected chi connectivity index (χ2v) is 10.8. The Bertz CT molecular complexity index is 1530. The standard InChI is InChI=1S/C29H30N4O4S/c1-5-18-32(38(35,36)26-16-14-25(37-4)15-17-26)20-28(34)31-29-30-27(23-10-6-21(2)7-11-23)19-33(29)24-12-8-22(3)9-13-24/h5-17,19H,1,18,20H2,2-4H3,(H,30,31,34). The zero-order valence-corrected chi connectivity index (χ0v) is 22.4. The van der Waals surface area contributed by atoms with Crippen LogP contribution in [0.2, 0.25) is 0 Å². The van der Waals surface area contributed by atoms with Gasteiger partial charge >= 0.3 is 0 Å². The van der Waals surface area contributed by atoms with E-state index in [0.29, 0.717) is 11.4 Å². The van der Waals surface area contributed by atoms with Gasteiger partial charge < -0.3 is 4.74 Å². The largest absolute Gasteiger partial charge is 0.497 e. The van der Waals surface area contributed by atoms with Gasteiger partial charge in [-0.2, -0.15) is 4.31 Å². The number of rotatable bonds is 10. The van der Waals surface area contributed by atoms with Crippen LogP contribution in [0.5, 0.6) is 5.75 Å². The third-order valence-corrected chi connectivity index (χ3v) is 7.79. The number of aryl methyl sites for hydroxylation is 2. The minimum atomic E-state index is -3.97. The predicted octanol–water partition coefficient (Wildman–Crippen LogP) is 4.98. The van der Waals surface area contributed by atoms with Crippen LogP contribution in [0.1, 0.15) is 11.1 Å². The first-order valence-corrected chi connectivity index (χ1v) is 13.4. The maximum atomic E-state index is 13.3. The molecule has 8 nitrogen and oxygen atoms in total. The Hall–Kier alpha value is -4.21. The smallest absolute Gasteiger partial charge is 0.243 e. The second-order valence-electron chi connectivity index (χ2n) is 8.83. The number of nitrogens with one attached hydrogen (secondary N) is 1. The monoisotopic (exact) mass is 530 g/mol. The number of aromatic nitrogens is 2. The molecular weight excluding hydrogens is 500 g/mol. The quantitative estimate of drug-likeness (QED) is 0.292. The minimum Gasteiger partial charge on any atom is -0.497 e. The van der Waals surface area contributed by atoms with Gasteiger partial charge in [-0.3, -0.25) is 14.7 Å². The van der Waals surface area contributed by atoms with E-state index in [9.17, 15) is 13.2 Å². The zero-order valence-electron chi connectivity index (χ0n) is 21.6. The fourth-order valence-corrected chi connectivity index (χ4v) is 5.21. The predicted molar refractivity (Wildman–Crippen MR) is 149 cm³/mol. The van der Waals surface area contributed by atoms with E-state index >= 15 is 0 Å². The molecule has 1 heterocycles. The Kier molecular flexibility index (Phi) is 8.09. The topological polar surface area (TPSA) is 93.5 Å². The van der Waals surface area contributed by atoms with Gasteiger partial charge in [0.05, 0.1) is 24.2 Å². The first-order valence-electron chi connectivity index (χ1n) is 12.0. The second kappa shape index (κ2) is 11.5. The first-order chi connectivity index (χ1) is 18.2. The summed E-state index contributed by atoms with van der Waals surface area (Å²) >= 11 is 0. The third kappa shape index (κ3) is 6.01. The number of nitrogens with zero attached hydrogens (tertiary/aromatic N) is 3. The lowest BCUT2D eigenvalue weighted by atomic mass is 10.1. The highest BCUT2D eigenvalue weighted by molar-refractivity contribution is 7.89. The maximum Gasteiger partial charge on any atom is 0.243 e. The number of methoxy groups -OCH3 is 1. The van der Waals surface area contributed by atoms with E-state index in [1.807, 2.05) is 68.6 Å². The molecule has 0 aliphatic heterocycles. The van der Waals surface area contributed by atoms with E-state index in [2.05, 4.69) is 16.9 Å². The lowest BCUT2D eigenvalue weighted by Crippen LogP contribution is -2.38. The molecule has 1 aromatic heterocycles. The lowest BCUT2D eigenvalue weighted by Gasteiger charge is -2.20. The fraction of sp³-hybridized carbons (Fsp3) is 0.172. The molecule has 4 rings (SSSR count). The van der Waals surface area contributed by atoms with Gasteiger partial charge in [0.15, 0.2) is 0 Å². The molecule has 0 spiro atoms. The number of ether oxygens (including phenoxy) is 1. The summed E-state index contributed by atoms with van der Waals surface area (Å²) in [5.41, 5.74) is 4.61. The van der Waals surface area contributed by atoms with Crippen molar-refractivity contribution in [1.29, 1.82) is 0 Å². The molecule has 0 unspecified atom stereocenters. The van der Waals surface area contributed by atoms with Gasteiger partial charge in [-0.15, -0.1) is 6.58 Å². The minimum absolute atomic E-state index is 0.0389. The fourth-order valence-electron chi connectivity index (χ4n) is 3.85. The molecule has 0 saturated carbocycles. The summed E-state index contributed by atoms with van der Waals surface area (Å²) < 4.78 is 34.5. The van der Waals surface area contributed by atoms with Gasteiger partial charge in [0.25, 0.3) is 0 Å². The van der Waals surface area contributed by atoms with Crippen LogP contribution in [-0.4, -0.2) is 48.4 Å². The van der Waals surface area contributed by atoms with E-state index in [-0.39, 0.29) is 17.4 Å². The van der Waals surface area contributed by atoms with Gasteiger partial charge in [0, 0.05) is 24.0 Å². The summed E-state index contributed by atoms with van der Waals surface area (Å²) in [6, 6.07) is 21.7. The van der Waals surface area contributed by atoms with Crippen LogP contribution >= 0.6 is 0 Å². The van der Waals surface area contributed by atoms with Crippen molar-refractivity contribution < 1.29 is 17.9 Å². The number of imidazole rings is 1. The van der Waals surface area contributed by atoms with Gasteiger partial charge in [0.1, 0.15) is 5.75 Å². The number of benzene rings is 3. The molecule has 0 fully saturated rings. The van der Waals surface area contributed by atoms with E-state index in [1.54, 1.807) is 16.7 Å². The number of carbonyl (C=O) groups excluding carboxylic acids is 1. The summed E-state index contributed by atoms with van der Waals surface area (Å²) in [6.07, 6.45) is 3.29. The Morgan fingerprint density at radius 1 is 1.00 bits per heavy atom. The van der Waals surface area contributed by atoms with Crippen LogP contribution in [0.3, 0.4) is 0 Å². The van der Waals surface area contributed by atoms with Crippen molar-refractivity contribution in [2.75, 3.05) is 25.5 Å². The molecule has 4 aromatic rings. The average molecular weight is 531 g/mol. The van der Waals surface area contributed by atoms with Crippen molar-refractivity contribution in [3.05, 3.63) is 103 Å². The van der Waals surface area contributed by atoms with Gasteiger partial charge in [-0.05, 0) is 50.2 Å². The highest BCUT2D eigenvalue weighted by atomic mass is 32.2. The molecule has 1 amide bonds. The molecule has 196 valence electrons. The van der Waals surface area contributed by atoms with Crippen molar-refractivity contribution in [3.63, 3.8) is 0 Å². The highest BCUT2D eigenvalue weighted by Crippen LogP contribution is 2.25. The van der Waals surface area contributed by atoms with Crippen LogP contribution in [0, 0.1) is 13.8 Å². The highest BCUT2D eigenvalue weighted by Gasteiger charge is 2.26. The Morgan fingerprint density at radius 2 is 1.61 bits per heavy atom. The molecule has 0 aliphatic carbocycles. The molecule has 0 radical (unpaired) electrons. The summed E-state index contributed by atoms with van der Waals surface area (Å²) in [4.78, 5) is 17.9. The maximum absolute atomic E-state index is 13.3. The molecule has 0 saturated heterocycles. The molecule has 0 aliphatic rings. The number of carbonyl (C=O) groups is 1. The first kappa shape index (κ1) is 26.8. The number of hydrogen-bond donors (Lipinski definition) is 1. The lowest BCUT2D eigenvalue weighted by molar-refractivity contribution is -0.116. The summed E-state index contributed by atoms with van der Waals surface area (Å²) in [5.74, 6) is 0.289. The van der Waals surface area contributed by atoms with Crippen molar-refractivity contribution >= 4 is 21.9 Å². The van der Waals surface area contributed by atoms with Crippen LogP contribution in [0.25, 0.3) is 16.9 Å². The average Bonchev–Trinajstić information content (AvgIpc) is 3.32. The van der Waals surface area contributed by atoms with Crippen molar-refractivity contribution in [2.24, 2.45) is 0 Å². The van der Waals surface area contributed by atoms with Crippen LogP contribution in [0.15, 0.2) is 96.5 Å².